The van der Waals surface area contributed by atoms with Gasteiger partial charge in [0.1, 0.15) is 5.82 Å². The quantitative estimate of drug-likeness (QED) is 0.618. The van der Waals surface area contributed by atoms with Gasteiger partial charge in [0.25, 0.3) is 0 Å². The van der Waals surface area contributed by atoms with Crippen LogP contribution in [-0.4, -0.2) is 33.3 Å². The summed E-state index contributed by atoms with van der Waals surface area (Å²) in [6.45, 7) is 4.34. The molecule has 0 bridgehead atoms. The van der Waals surface area contributed by atoms with Gasteiger partial charge in [-0.25, -0.2) is 9.07 Å². The standard InChI is InChI=1S/C13H15FN6S/c1-2-16-5-6-20-13(17-18-19-20)21-9-11-7-10(8-15)3-4-12(11)14/h3-4,7,16H,2,5-6,9H2,1H3. The number of tetrazole rings is 1. The van der Waals surface area contributed by atoms with Crippen LogP contribution in [0.3, 0.4) is 0 Å². The maximum absolute atomic E-state index is 13.7. The fraction of sp³-hybridized carbons (Fsp3) is 0.385. The van der Waals surface area contributed by atoms with Crippen molar-refractivity contribution in [1.29, 1.82) is 5.26 Å². The predicted octanol–water partition coefficient (Wildman–Crippen LogP) is 1.59. The second-order valence-electron chi connectivity index (χ2n) is 4.24. The first kappa shape index (κ1) is 15.4. The summed E-state index contributed by atoms with van der Waals surface area (Å²) >= 11 is 1.35. The molecule has 0 saturated heterocycles. The fourth-order valence-corrected chi connectivity index (χ4v) is 2.58. The lowest BCUT2D eigenvalue weighted by Crippen LogP contribution is -2.20. The molecule has 6 nitrogen and oxygen atoms in total. The highest BCUT2D eigenvalue weighted by Crippen LogP contribution is 2.22. The average Bonchev–Trinajstić information content (AvgIpc) is 2.94. The average molecular weight is 306 g/mol. The fourth-order valence-electron chi connectivity index (χ4n) is 1.70. The van der Waals surface area contributed by atoms with E-state index in [9.17, 15) is 4.39 Å². The Bertz CT molecular complexity index is 636. The maximum atomic E-state index is 13.7. The Morgan fingerprint density at radius 2 is 2.33 bits per heavy atom. The molecule has 0 atom stereocenters. The molecule has 0 amide bonds. The van der Waals surface area contributed by atoms with Crippen LogP contribution in [0, 0.1) is 17.1 Å². The van der Waals surface area contributed by atoms with Gasteiger partial charge in [-0.1, -0.05) is 18.7 Å². The summed E-state index contributed by atoms with van der Waals surface area (Å²) < 4.78 is 15.4. The van der Waals surface area contributed by atoms with Crippen LogP contribution in [0.5, 0.6) is 0 Å². The molecule has 1 aromatic heterocycles. The van der Waals surface area contributed by atoms with E-state index in [1.807, 2.05) is 13.0 Å². The third-order valence-corrected chi connectivity index (χ3v) is 3.79. The summed E-state index contributed by atoms with van der Waals surface area (Å²) in [5.74, 6) is 0.0521. The molecular formula is C13H15FN6S. The van der Waals surface area contributed by atoms with E-state index in [0.29, 0.717) is 28.6 Å². The molecule has 1 aromatic carbocycles. The lowest BCUT2D eigenvalue weighted by atomic mass is 10.1. The molecule has 110 valence electrons. The summed E-state index contributed by atoms with van der Waals surface area (Å²) in [6.07, 6.45) is 0. The Morgan fingerprint density at radius 1 is 1.48 bits per heavy atom. The van der Waals surface area contributed by atoms with Gasteiger partial charge in [-0.2, -0.15) is 5.26 Å². The zero-order chi connectivity index (χ0) is 15.1. The summed E-state index contributed by atoms with van der Waals surface area (Å²) in [7, 11) is 0. The SMILES string of the molecule is CCNCCn1nnnc1SCc1cc(C#N)ccc1F. The molecule has 21 heavy (non-hydrogen) atoms. The topological polar surface area (TPSA) is 79.4 Å². The first-order chi connectivity index (χ1) is 10.2. The van der Waals surface area contributed by atoms with Crippen LogP contribution in [0.4, 0.5) is 4.39 Å². The van der Waals surface area contributed by atoms with Gasteiger partial charge in [0.15, 0.2) is 0 Å². The Hall–Kier alpha value is -1.98. The van der Waals surface area contributed by atoms with Gasteiger partial charge >= 0.3 is 0 Å². The molecule has 0 fully saturated rings. The second-order valence-corrected chi connectivity index (χ2v) is 5.19. The number of rotatable bonds is 7. The summed E-state index contributed by atoms with van der Waals surface area (Å²) in [4.78, 5) is 0. The summed E-state index contributed by atoms with van der Waals surface area (Å²) in [5.41, 5.74) is 0.916. The highest BCUT2D eigenvalue weighted by molar-refractivity contribution is 7.98. The maximum Gasteiger partial charge on any atom is 0.209 e. The Kier molecular flexibility index (Phi) is 5.66. The van der Waals surface area contributed by atoms with Gasteiger partial charge in [-0.15, -0.1) is 5.10 Å². The number of halogens is 1. The van der Waals surface area contributed by atoms with E-state index in [2.05, 4.69) is 20.8 Å². The van der Waals surface area contributed by atoms with Crippen LogP contribution in [-0.2, 0) is 12.3 Å². The Morgan fingerprint density at radius 3 is 3.10 bits per heavy atom. The van der Waals surface area contributed by atoms with Crippen molar-refractivity contribution in [3.8, 4) is 6.07 Å². The highest BCUT2D eigenvalue weighted by Gasteiger charge is 2.09. The van der Waals surface area contributed by atoms with E-state index in [0.717, 1.165) is 13.1 Å². The van der Waals surface area contributed by atoms with Crippen molar-refractivity contribution in [3.05, 3.63) is 35.1 Å². The molecule has 8 heteroatoms. The molecule has 0 aliphatic heterocycles. The highest BCUT2D eigenvalue weighted by atomic mass is 32.2. The van der Waals surface area contributed by atoms with Crippen molar-refractivity contribution in [2.45, 2.75) is 24.4 Å². The Labute approximate surface area is 126 Å². The number of likely N-dealkylation sites (N-methyl/N-ethyl adjacent to an activating group) is 1. The van der Waals surface area contributed by atoms with Crippen molar-refractivity contribution in [1.82, 2.24) is 25.5 Å². The van der Waals surface area contributed by atoms with Gasteiger partial charge in [0, 0.05) is 12.3 Å². The van der Waals surface area contributed by atoms with E-state index in [-0.39, 0.29) is 5.82 Å². The second kappa shape index (κ2) is 7.71. The molecule has 0 unspecified atom stereocenters. The molecule has 0 saturated carbocycles. The molecule has 0 spiro atoms. The smallest absolute Gasteiger partial charge is 0.209 e. The monoisotopic (exact) mass is 306 g/mol. The molecule has 2 rings (SSSR count). The van der Waals surface area contributed by atoms with Crippen molar-refractivity contribution in [3.63, 3.8) is 0 Å². The number of benzene rings is 1. The van der Waals surface area contributed by atoms with Gasteiger partial charge in [-0.05, 0) is 40.7 Å². The van der Waals surface area contributed by atoms with Crippen LogP contribution in [0.1, 0.15) is 18.1 Å². The normalized spacial score (nSPS) is 10.5. The van der Waals surface area contributed by atoms with Crippen LogP contribution in [0.25, 0.3) is 0 Å². The van der Waals surface area contributed by atoms with E-state index in [4.69, 9.17) is 5.26 Å². The number of nitrogens with one attached hydrogen (secondary N) is 1. The lowest BCUT2D eigenvalue weighted by Gasteiger charge is -2.05. The first-order valence-electron chi connectivity index (χ1n) is 6.52. The van der Waals surface area contributed by atoms with Gasteiger partial charge in [0.05, 0.1) is 18.2 Å². The van der Waals surface area contributed by atoms with Gasteiger partial charge in [0.2, 0.25) is 5.16 Å². The van der Waals surface area contributed by atoms with E-state index in [1.165, 1.54) is 23.9 Å². The Balaban J connectivity index is 2.00. The minimum absolute atomic E-state index is 0.326. The third kappa shape index (κ3) is 4.24. The first-order valence-corrected chi connectivity index (χ1v) is 7.51. The molecule has 0 aliphatic carbocycles. The third-order valence-electron chi connectivity index (χ3n) is 2.78. The number of thioether (sulfide) groups is 1. The van der Waals surface area contributed by atoms with Crippen molar-refractivity contribution in [2.24, 2.45) is 0 Å². The van der Waals surface area contributed by atoms with Crippen molar-refractivity contribution in [2.75, 3.05) is 13.1 Å². The minimum atomic E-state index is -0.326. The molecule has 1 N–H and O–H groups in total. The molecule has 0 radical (unpaired) electrons. The number of hydrogen-bond donors (Lipinski definition) is 1. The van der Waals surface area contributed by atoms with Crippen molar-refractivity contribution < 1.29 is 4.39 Å². The summed E-state index contributed by atoms with van der Waals surface area (Å²) in [5, 5.41) is 24.1. The molecule has 0 aliphatic rings. The zero-order valence-corrected chi connectivity index (χ0v) is 12.4. The minimum Gasteiger partial charge on any atom is -0.315 e. The van der Waals surface area contributed by atoms with Crippen LogP contribution >= 0.6 is 11.8 Å². The lowest BCUT2D eigenvalue weighted by molar-refractivity contribution is 0.517. The van der Waals surface area contributed by atoms with E-state index in [1.54, 1.807) is 10.7 Å². The number of aromatic nitrogens is 4. The zero-order valence-electron chi connectivity index (χ0n) is 11.6. The number of hydrogen-bond acceptors (Lipinski definition) is 6. The molecular weight excluding hydrogens is 291 g/mol. The summed E-state index contributed by atoms with van der Waals surface area (Å²) in [6, 6.07) is 6.32. The number of nitrogens with zero attached hydrogens (tertiary/aromatic N) is 5. The van der Waals surface area contributed by atoms with Gasteiger partial charge < -0.3 is 5.32 Å². The van der Waals surface area contributed by atoms with Gasteiger partial charge in [-0.3, -0.25) is 0 Å². The van der Waals surface area contributed by atoms with E-state index < -0.39 is 0 Å². The predicted molar refractivity (Wildman–Crippen MR) is 77.0 cm³/mol. The van der Waals surface area contributed by atoms with Crippen LogP contribution < -0.4 is 5.32 Å². The molecule has 2 aromatic rings. The molecule has 1 heterocycles. The largest absolute Gasteiger partial charge is 0.315 e. The van der Waals surface area contributed by atoms with Crippen LogP contribution in [0.15, 0.2) is 23.4 Å². The van der Waals surface area contributed by atoms with Crippen LogP contribution in [0.2, 0.25) is 0 Å². The number of nitriles is 1. The van der Waals surface area contributed by atoms with Crippen molar-refractivity contribution >= 4 is 11.8 Å². The van der Waals surface area contributed by atoms with E-state index >= 15 is 0 Å².